The van der Waals surface area contributed by atoms with Crippen LogP contribution in [-0.4, -0.2) is 31.7 Å². The van der Waals surface area contributed by atoms with Gasteiger partial charge < -0.3 is 15.4 Å². The van der Waals surface area contributed by atoms with Crippen LogP contribution in [0.15, 0.2) is 24.3 Å². The van der Waals surface area contributed by atoms with E-state index in [4.69, 9.17) is 4.74 Å². The molecule has 1 heterocycles. The van der Waals surface area contributed by atoms with E-state index in [-0.39, 0.29) is 29.8 Å². The molecule has 1 unspecified atom stereocenters. The Hall–Kier alpha value is -1.10. The van der Waals surface area contributed by atoms with Crippen LogP contribution in [0.25, 0.3) is 0 Å². The average Bonchev–Trinajstić information content (AvgIpc) is 2.39. The minimum atomic E-state index is -0.0161. The van der Waals surface area contributed by atoms with E-state index in [1.165, 1.54) is 5.56 Å². The van der Waals surface area contributed by atoms with E-state index in [1.807, 2.05) is 12.1 Å². The molecule has 0 aromatic heterocycles. The summed E-state index contributed by atoms with van der Waals surface area (Å²) in [5.74, 6) is 0.00205. The first-order valence-electron chi connectivity index (χ1n) is 7.18. The Balaban J connectivity index is 0.00000220. The van der Waals surface area contributed by atoms with Gasteiger partial charge in [-0.2, -0.15) is 0 Å². The number of nitrogens with one attached hydrogen (secondary N) is 2. The number of carbonyl (C=O) groups excluding carboxylic acids is 1. The summed E-state index contributed by atoms with van der Waals surface area (Å²) in [6.07, 6.45) is 0.381. The van der Waals surface area contributed by atoms with Crippen molar-refractivity contribution in [3.8, 4) is 0 Å². The molecule has 1 aromatic rings. The van der Waals surface area contributed by atoms with Crippen molar-refractivity contribution >= 4 is 24.0 Å². The summed E-state index contributed by atoms with van der Waals surface area (Å²) in [4.78, 5) is 11.9. The molecule has 0 radical (unpaired) electrons. The molecule has 1 fully saturated rings. The van der Waals surface area contributed by atoms with Crippen molar-refractivity contribution in [1.82, 2.24) is 5.32 Å². The molecule has 0 saturated carbocycles. The maximum absolute atomic E-state index is 11.9. The van der Waals surface area contributed by atoms with Crippen molar-refractivity contribution in [3.63, 3.8) is 0 Å². The number of hydrogen-bond acceptors (Lipinski definition) is 3. The maximum atomic E-state index is 11.9. The lowest BCUT2D eigenvalue weighted by Gasteiger charge is -2.23. The Morgan fingerprint density at radius 1 is 1.33 bits per heavy atom. The Bertz CT molecular complexity index is 448. The number of anilines is 1. The van der Waals surface area contributed by atoms with E-state index in [2.05, 4.69) is 43.5 Å². The predicted molar refractivity (Wildman–Crippen MR) is 88.2 cm³/mol. The van der Waals surface area contributed by atoms with Gasteiger partial charge >= 0.3 is 0 Å². The summed E-state index contributed by atoms with van der Waals surface area (Å²) >= 11 is 0. The smallest absolute Gasteiger partial charge is 0.227 e. The third-order valence-corrected chi connectivity index (χ3v) is 3.45. The van der Waals surface area contributed by atoms with Crippen LogP contribution in [0.4, 0.5) is 5.69 Å². The van der Waals surface area contributed by atoms with Crippen LogP contribution in [0.3, 0.4) is 0 Å². The lowest BCUT2D eigenvalue weighted by atomic mass is 9.87. The second-order valence-electron chi connectivity index (χ2n) is 6.28. The molecule has 1 atom stereocenters. The minimum absolute atomic E-state index is 0. The Kier molecular flexibility index (Phi) is 6.65. The highest BCUT2D eigenvalue weighted by atomic mass is 35.5. The summed E-state index contributed by atoms with van der Waals surface area (Å²) in [5.41, 5.74) is 2.23. The summed E-state index contributed by atoms with van der Waals surface area (Å²) in [6, 6.07) is 8.04. The van der Waals surface area contributed by atoms with Gasteiger partial charge in [-0.05, 0) is 23.1 Å². The molecular weight excluding hydrogens is 288 g/mol. The largest absolute Gasteiger partial charge is 0.375 e. The highest BCUT2D eigenvalue weighted by molar-refractivity contribution is 5.91. The van der Waals surface area contributed by atoms with Crippen molar-refractivity contribution in [3.05, 3.63) is 29.8 Å². The van der Waals surface area contributed by atoms with E-state index in [9.17, 15) is 4.79 Å². The highest BCUT2D eigenvalue weighted by Crippen LogP contribution is 2.23. The quantitative estimate of drug-likeness (QED) is 0.902. The molecular formula is C16H25ClN2O2. The summed E-state index contributed by atoms with van der Waals surface area (Å²) in [6.45, 7) is 8.82. The summed E-state index contributed by atoms with van der Waals surface area (Å²) < 4.78 is 5.53. The number of benzene rings is 1. The van der Waals surface area contributed by atoms with E-state index in [0.29, 0.717) is 13.0 Å². The molecule has 1 aliphatic heterocycles. The van der Waals surface area contributed by atoms with Crippen LogP contribution in [0.2, 0.25) is 0 Å². The first kappa shape index (κ1) is 18.0. The number of carbonyl (C=O) groups is 1. The zero-order chi connectivity index (χ0) is 14.6. The van der Waals surface area contributed by atoms with Crippen LogP contribution in [0, 0.1) is 0 Å². The molecule has 1 amide bonds. The van der Waals surface area contributed by atoms with Gasteiger partial charge in [-0.25, -0.2) is 0 Å². The monoisotopic (exact) mass is 312 g/mol. The van der Waals surface area contributed by atoms with E-state index in [0.717, 1.165) is 18.8 Å². The first-order chi connectivity index (χ1) is 9.45. The van der Waals surface area contributed by atoms with Crippen molar-refractivity contribution in [2.75, 3.05) is 25.0 Å². The zero-order valence-electron chi connectivity index (χ0n) is 12.9. The lowest BCUT2D eigenvalue weighted by molar-refractivity contribution is -0.119. The SMILES string of the molecule is CC(C)(C)c1ccc(NC(=O)CC2CNCCO2)cc1.Cl. The zero-order valence-corrected chi connectivity index (χ0v) is 13.8. The number of rotatable bonds is 3. The predicted octanol–water partition coefficient (Wildman–Crippen LogP) is 2.72. The third kappa shape index (κ3) is 5.65. The highest BCUT2D eigenvalue weighted by Gasteiger charge is 2.17. The molecule has 2 rings (SSSR count). The molecule has 1 aliphatic rings. The van der Waals surface area contributed by atoms with Crippen LogP contribution < -0.4 is 10.6 Å². The fourth-order valence-electron chi connectivity index (χ4n) is 2.22. The molecule has 5 heteroatoms. The van der Waals surface area contributed by atoms with Crippen molar-refractivity contribution < 1.29 is 9.53 Å². The van der Waals surface area contributed by atoms with Crippen LogP contribution in [0.1, 0.15) is 32.8 Å². The van der Waals surface area contributed by atoms with Crippen LogP contribution in [-0.2, 0) is 14.9 Å². The van der Waals surface area contributed by atoms with Gasteiger partial charge in [0.25, 0.3) is 0 Å². The molecule has 0 aliphatic carbocycles. The van der Waals surface area contributed by atoms with Crippen LogP contribution >= 0.6 is 12.4 Å². The van der Waals surface area contributed by atoms with E-state index in [1.54, 1.807) is 0 Å². The third-order valence-electron chi connectivity index (χ3n) is 3.45. The van der Waals surface area contributed by atoms with Gasteiger partial charge in [0.05, 0.1) is 19.1 Å². The molecule has 4 nitrogen and oxygen atoms in total. The fourth-order valence-corrected chi connectivity index (χ4v) is 2.22. The number of halogens is 1. The molecule has 1 saturated heterocycles. The van der Waals surface area contributed by atoms with Gasteiger partial charge in [0.1, 0.15) is 0 Å². The van der Waals surface area contributed by atoms with Gasteiger partial charge in [0.2, 0.25) is 5.91 Å². The van der Waals surface area contributed by atoms with Gasteiger partial charge in [-0.15, -0.1) is 12.4 Å². The van der Waals surface area contributed by atoms with Crippen molar-refractivity contribution in [2.24, 2.45) is 0 Å². The van der Waals surface area contributed by atoms with Crippen molar-refractivity contribution in [2.45, 2.75) is 38.7 Å². The maximum Gasteiger partial charge on any atom is 0.227 e. The Morgan fingerprint density at radius 3 is 2.52 bits per heavy atom. The first-order valence-corrected chi connectivity index (χ1v) is 7.18. The molecule has 21 heavy (non-hydrogen) atoms. The average molecular weight is 313 g/mol. The standard InChI is InChI=1S/C16H24N2O2.ClH/c1-16(2,3)12-4-6-13(7-5-12)18-15(19)10-14-11-17-8-9-20-14;/h4-7,14,17H,8-11H2,1-3H3,(H,18,19);1H. The Labute approximate surface area is 133 Å². The van der Waals surface area contributed by atoms with Gasteiger partial charge in [-0.3, -0.25) is 4.79 Å². The second kappa shape index (κ2) is 7.78. The van der Waals surface area contributed by atoms with Gasteiger partial charge in [0.15, 0.2) is 0 Å². The molecule has 0 bridgehead atoms. The second-order valence-corrected chi connectivity index (χ2v) is 6.28. The van der Waals surface area contributed by atoms with E-state index >= 15 is 0 Å². The number of morpholine rings is 1. The number of ether oxygens (including phenoxy) is 1. The summed E-state index contributed by atoms with van der Waals surface area (Å²) in [7, 11) is 0. The minimum Gasteiger partial charge on any atom is -0.375 e. The van der Waals surface area contributed by atoms with Crippen molar-refractivity contribution in [1.29, 1.82) is 0 Å². The van der Waals surface area contributed by atoms with E-state index < -0.39 is 0 Å². The Morgan fingerprint density at radius 2 is 2.00 bits per heavy atom. The molecule has 118 valence electrons. The number of hydrogen-bond donors (Lipinski definition) is 2. The summed E-state index contributed by atoms with van der Waals surface area (Å²) in [5, 5.41) is 6.14. The lowest BCUT2D eigenvalue weighted by Crippen LogP contribution is -2.40. The normalized spacial score (nSPS) is 18.7. The van der Waals surface area contributed by atoms with Gasteiger partial charge in [0, 0.05) is 18.8 Å². The molecule has 0 spiro atoms. The molecule has 2 N–H and O–H groups in total. The molecule has 1 aromatic carbocycles. The van der Waals surface area contributed by atoms with Gasteiger partial charge in [-0.1, -0.05) is 32.9 Å². The topological polar surface area (TPSA) is 50.4 Å². The number of amides is 1. The van der Waals surface area contributed by atoms with Crippen LogP contribution in [0.5, 0.6) is 0 Å². The fraction of sp³-hybridized carbons (Fsp3) is 0.562.